The summed E-state index contributed by atoms with van der Waals surface area (Å²) in [7, 11) is 3.00. The fourth-order valence-corrected chi connectivity index (χ4v) is 2.97. The number of benzene rings is 2. The van der Waals surface area contributed by atoms with Crippen LogP contribution in [0.5, 0.6) is 11.5 Å². The molecule has 26 heavy (non-hydrogen) atoms. The molecule has 2 aromatic carbocycles. The van der Waals surface area contributed by atoms with Crippen LogP contribution in [0.15, 0.2) is 36.4 Å². The Balaban J connectivity index is 1.93. The first-order valence-electron chi connectivity index (χ1n) is 8.26. The first kappa shape index (κ1) is 17.5. The Morgan fingerprint density at radius 2 is 2.15 bits per heavy atom. The fraction of sp³-hybridized carbons (Fsp3) is 0.200. The number of allylic oxidation sites excluding steroid dienone is 1. The molecule has 2 aromatic rings. The highest BCUT2D eigenvalue weighted by atomic mass is 16.5. The maximum Gasteiger partial charge on any atom is 0.254 e. The van der Waals surface area contributed by atoms with Gasteiger partial charge in [-0.1, -0.05) is 12.1 Å². The number of amides is 1. The van der Waals surface area contributed by atoms with Gasteiger partial charge in [0.25, 0.3) is 5.91 Å². The van der Waals surface area contributed by atoms with Crippen molar-refractivity contribution in [1.82, 2.24) is 5.32 Å². The minimum atomic E-state index is -0.293. The zero-order valence-corrected chi connectivity index (χ0v) is 14.8. The minimum Gasteiger partial charge on any atom is -0.495 e. The topological polar surface area (TPSA) is 97.4 Å². The number of methoxy groups -OCH3 is 1. The van der Waals surface area contributed by atoms with Gasteiger partial charge in [0, 0.05) is 19.2 Å². The van der Waals surface area contributed by atoms with Crippen molar-refractivity contribution in [2.24, 2.45) is 0 Å². The summed E-state index contributed by atoms with van der Waals surface area (Å²) in [5.74, 6) is 0.918. The number of ether oxygens (including phenoxy) is 2. The van der Waals surface area contributed by atoms with Crippen LogP contribution in [0, 0.1) is 5.41 Å². The van der Waals surface area contributed by atoms with Crippen molar-refractivity contribution >= 4 is 23.4 Å². The Morgan fingerprint density at radius 1 is 1.35 bits per heavy atom. The molecule has 6 nitrogen and oxygen atoms in total. The molecular weight excluding hydrogens is 330 g/mol. The lowest BCUT2D eigenvalue weighted by Gasteiger charge is -2.14. The highest BCUT2D eigenvalue weighted by molar-refractivity contribution is 6.15. The molecule has 0 bridgehead atoms. The van der Waals surface area contributed by atoms with Crippen molar-refractivity contribution in [3.8, 4) is 11.5 Å². The van der Waals surface area contributed by atoms with Crippen LogP contribution in [0.1, 0.15) is 27.0 Å². The van der Waals surface area contributed by atoms with Crippen LogP contribution in [0.2, 0.25) is 0 Å². The van der Waals surface area contributed by atoms with Gasteiger partial charge in [0.05, 0.1) is 30.6 Å². The van der Waals surface area contributed by atoms with Gasteiger partial charge in [-0.25, -0.2) is 0 Å². The van der Waals surface area contributed by atoms with E-state index in [2.05, 4.69) is 5.32 Å². The van der Waals surface area contributed by atoms with Crippen LogP contribution in [0.25, 0.3) is 6.08 Å². The number of fused-ring (bicyclic) bond motifs is 1. The molecule has 134 valence electrons. The van der Waals surface area contributed by atoms with Gasteiger partial charge in [-0.3, -0.25) is 4.79 Å². The number of hydrogen-bond acceptors (Lipinski definition) is 5. The van der Waals surface area contributed by atoms with Crippen LogP contribution >= 0.6 is 0 Å². The predicted octanol–water partition coefficient (Wildman–Crippen LogP) is 2.65. The van der Waals surface area contributed by atoms with Gasteiger partial charge in [-0.2, -0.15) is 0 Å². The molecule has 3 rings (SSSR count). The molecule has 0 aliphatic carbocycles. The van der Waals surface area contributed by atoms with Gasteiger partial charge in [0.2, 0.25) is 0 Å². The molecule has 1 aliphatic heterocycles. The van der Waals surface area contributed by atoms with Crippen molar-refractivity contribution in [2.45, 2.75) is 6.42 Å². The third-order valence-electron chi connectivity index (χ3n) is 4.29. The van der Waals surface area contributed by atoms with E-state index in [1.165, 1.54) is 7.11 Å². The van der Waals surface area contributed by atoms with Crippen molar-refractivity contribution < 1.29 is 14.3 Å². The fourth-order valence-electron chi connectivity index (χ4n) is 2.97. The molecule has 0 saturated carbocycles. The summed E-state index contributed by atoms with van der Waals surface area (Å²) in [6, 6.07) is 9.13. The molecule has 0 saturated heterocycles. The highest BCUT2D eigenvalue weighted by Crippen LogP contribution is 2.30. The normalized spacial score (nSPS) is 12.5. The van der Waals surface area contributed by atoms with Gasteiger partial charge in [0.15, 0.2) is 0 Å². The summed E-state index contributed by atoms with van der Waals surface area (Å²) < 4.78 is 10.9. The second kappa shape index (κ2) is 7.31. The largest absolute Gasteiger partial charge is 0.495 e. The second-order valence-electron chi connectivity index (χ2n) is 5.90. The Hall–Kier alpha value is -3.28. The number of nitrogens with two attached hydrogens (primary N) is 1. The Morgan fingerprint density at radius 3 is 2.88 bits per heavy atom. The summed E-state index contributed by atoms with van der Waals surface area (Å²) in [4.78, 5) is 12.0. The van der Waals surface area contributed by atoms with Crippen LogP contribution in [0.4, 0.5) is 5.69 Å². The smallest absolute Gasteiger partial charge is 0.254 e. The summed E-state index contributed by atoms with van der Waals surface area (Å²) in [6.07, 6.45) is 4.38. The average Bonchev–Trinajstić information content (AvgIpc) is 3.12. The Bertz CT molecular complexity index is 903. The molecule has 1 heterocycles. The van der Waals surface area contributed by atoms with Crippen molar-refractivity contribution in [2.75, 3.05) is 26.5 Å². The molecule has 0 radical (unpaired) electrons. The van der Waals surface area contributed by atoms with E-state index in [0.717, 1.165) is 23.3 Å². The van der Waals surface area contributed by atoms with Gasteiger partial charge in [-0.05, 0) is 41.5 Å². The third kappa shape index (κ3) is 3.26. The van der Waals surface area contributed by atoms with E-state index < -0.39 is 0 Å². The predicted molar refractivity (Wildman–Crippen MR) is 102 cm³/mol. The molecule has 1 amide bonds. The molecule has 6 heteroatoms. The van der Waals surface area contributed by atoms with Gasteiger partial charge in [-0.15, -0.1) is 0 Å². The lowest BCUT2D eigenvalue weighted by atomic mass is 10.0. The number of anilines is 1. The summed E-state index contributed by atoms with van der Waals surface area (Å²) in [5.41, 5.74) is 9.47. The lowest BCUT2D eigenvalue weighted by Crippen LogP contribution is -2.20. The van der Waals surface area contributed by atoms with E-state index in [-0.39, 0.29) is 11.6 Å². The molecule has 0 unspecified atom stereocenters. The number of rotatable bonds is 5. The van der Waals surface area contributed by atoms with E-state index in [4.69, 9.17) is 20.6 Å². The monoisotopic (exact) mass is 351 g/mol. The first-order valence-corrected chi connectivity index (χ1v) is 8.26. The molecular formula is C20H21N3O3. The minimum absolute atomic E-state index is 0.168. The van der Waals surface area contributed by atoms with Gasteiger partial charge >= 0.3 is 0 Å². The quantitative estimate of drug-likeness (QED) is 0.570. The molecule has 0 aromatic heterocycles. The van der Waals surface area contributed by atoms with Crippen molar-refractivity contribution in [3.05, 3.63) is 58.7 Å². The molecule has 4 N–H and O–H groups in total. The second-order valence-corrected chi connectivity index (χ2v) is 5.90. The maximum absolute atomic E-state index is 12.0. The van der Waals surface area contributed by atoms with Crippen LogP contribution < -0.4 is 20.5 Å². The number of carbonyl (C=O) groups excluding carboxylic acids is 1. The molecule has 1 aliphatic rings. The van der Waals surface area contributed by atoms with E-state index in [0.29, 0.717) is 29.2 Å². The third-order valence-corrected chi connectivity index (χ3v) is 4.29. The summed E-state index contributed by atoms with van der Waals surface area (Å²) in [6.45, 7) is 0.707. The molecule has 0 atom stereocenters. The summed E-state index contributed by atoms with van der Waals surface area (Å²) >= 11 is 0. The number of hydrogen-bond donors (Lipinski definition) is 3. The van der Waals surface area contributed by atoms with Crippen LogP contribution in [0.3, 0.4) is 0 Å². The summed E-state index contributed by atoms with van der Waals surface area (Å²) in [5, 5.41) is 11.0. The van der Waals surface area contributed by atoms with E-state index in [1.807, 2.05) is 24.3 Å². The van der Waals surface area contributed by atoms with Crippen LogP contribution in [-0.4, -0.2) is 32.4 Å². The Labute approximate surface area is 152 Å². The number of carbonyl (C=O) groups is 1. The first-order chi connectivity index (χ1) is 12.5. The van der Waals surface area contributed by atoms with Crippen molar-refractivity contribution in [3.63, 3.8) is 0 Å². The zero-order chi connectivity index (χ0) is 18.7. The molecule has 0 spiro atoms. The van der Waals surface area contributed by atoms with Crippen molar-refractivity contribution in [1.29, 1.82) is 5.41 Å². The lowest BCUT2D eigenvalue weighted by molar-refractivity contribution is 0.0960. The zero-order valence-electron chi connectivity index (χ0n) is 14.8. The SMILES string of the molecule is CNC(=O)c1ccc(N)c(C(=N)/C=C/c2ccc3c(c2)CCO3)c1OC. The van der Waals surface area contributed by atoms with E-state index in [9.17, 15) is 4.79 Å². The van der Waals surface area contributed by atoms with Gasteiger partial charge in [0.1, 0.15) is 11.5 Å². The van der Waals surface area contributed by atoms with Gasteiger partial charge < -0.3 is 25.9 Å². The maximum atomic E-state index is 12.0. The number of nitrogens with one attached hydrogen (secondary N) is 2. The Kier molecular flexibility index (Phi) is 4.93. The average molecular weight is 351 g/mol. The number of nitrogen functional groups attached to an aromatic ring is 1. The molecule has 0 fully saturated rings. The highest BCUT2D eigenvalue weighted by Gasteiger charge is 2.19. The standard InChI is InChI=1S/C20H21N3O3/c1-23-20(24)14-5-7-16(22)18(19(14)25-2)15(21)6-3-12-4-8-17-13(11-12)9-10-26-17/h3-8,11,21H,9-10,22H2,1-2H3,(H,23,24)/b6-3+,21-15?. The van der Waals surface area contributed by atoms with E-state index >= 15 is 0 Å². The van der Waals surface area contributed by atoms with E-state index in [1.54, 1.807) is 25.3 Å². The van der Waals surface area contributed by atoms with Crippen LogP contribution in [-0.2, 0) is 6.42 Å².